The minimum Gasteiger partial charge on any atom is -0.329 e. The number of amides is 2. The first kappa shape index (κ1) is 12.7. The maximum atomic E-state index is 12.8. The fraction of sp³-hybridized carbons (Fsp3) is 0.875. The van der Waals surface area contributed by atoms with Gasteiger partial charge >= 0.3 is 0 Å². The predicted octanol–water partition coefficient (Wildman–Crippen LogP) is 1.79. The van der Waals surface area contributed by atoms with Crippen molar-refractivity contribution in [1.29, 1.82) is 0 Å². The molecule has 2 amide bonds. The molecule has 0 aromatic carbocycles. The molecular formula is C16H24N2O2. The van der Waals surface area contributed by atoms with Gasteiger partial charge in [-0.1, -0.05) is 0 Å². The van der Waals surface area contributed by atoms with Crippen LogP contribution in [0.1, 0.15) is 51.9 Å². The van der Waals surface area contributed by atoms with E-state index in [4.69, 9.17) is 0 Å². The van der Waals surface area contributed by atoms with Crippen molar-refractivity contribution in [2.75, 3.05) is 13.1 Å². The van der Waals surface area contributed by atoms with Crippen LogP contribution >= 0.6 is 0 Å². The molecule has 4 fully saturated rings. The summed E-state index contributed by atoms with van der Waals surface area (Å²) in [6.07, 6.45) is 8.18. The van der Waals surface area contributed by atoms with Crippen LogP contribution in [0, 0.1) is 11.3 Å². The number of hydrogen-bond acceptors (Lipinski definition) is 2. The Morgan fingerprint density at radius 1 is 1.10 bits per heavy atom. The van der Waals surface area contributed by atoms with Gasteiger partial charge in [-0.15, -0.1) is 0 Å². The zero-order chi connectivity index (χ0) is 13.9. The van der Waals surface area contributed by atoms with Gasteiger partial charge in [-0.3, -0.25) is 9.59 Å². The third kappa shape index (κ3) is 1.80. The molecule has 0 N–H and O–H groups in total. The highest BCUT2D eigenvalue weighted by Crippen LogP contribution is 2.61. The van der Waals surface area contributed by atoms with Crippen LogP contribution < -0.4 is 0 Å². The van der Waals surface area contributed by atoms with E-state index >= 15 is 0 Å². The Kier molecular flexibility index (Phi) is 2.67. The van der Waals surface area contributed by atoms with Gasteiger partial charge in [-0.05, 0) is 63.2 Å². The van der Waals surface area contributed by atoms with Gasteiger partial charge in [-0.25, -0.2) is 0 Å². The molecule has 2 aliphatic carbocycles. The number of rotatable bonds is 3. The Hall–Kier alpha value is -1.06. The lowest BCUT2D eigenvalue weighted by Gasteiger charge is -2.47. The molecule has 0 bridgehead atoms. The Labute approximate surface area is 120 Å². The van der Waals surface area contributed by atoms with Crippen LogP contribution in [-0.2, 0) is 9.59 Å². The fourth-order valence-corrected chi connectivity index (χ4v) is 4.31. The fourth-order valence-electron chi connectivity index (χ4n) is 4.31. The van der Waals surface area contributed by atoms with E-state index in [9.17, 15) is 9.59 Å². The number of carbonyl (C=O) groups is 2. The van der Waals surface area contributed by atoms with Crippen LogP contribution in [0.2, 0.25) is 0 Å². The second-order valence-corrected chi connectivity index (χ2v) is 7.32. The summed E-state index contributed by atoms with van der Waals surface area (Å²) >= 11 is 0. The molecule has 2 saturated carbocycles. The zero-order valence-corrected chi connectivity index (χ0v) is 12.3. The van der Waals surface area contributed by atoms with Crippen LogP contribution in [0.25, 0.3) is 0 Å². The average molecular weight is 276 g/mol. The van der Waals surface area contributed by atoms with Crippen molar-refractivity contribution in [3.8, 4) is 0 Å². The minimum absolute atomic E-state index is 0.151. The van der Waals surface area contributed by atoms with Crippen molar-refractivity contribution < 1.29 is 9.59 Å². The Morgan fingerprint density at radius 2 is 1.85 bits per heavy atom. The van der Waals surface area contributed by atoms with Crippen LogP contribution in [0.15, 0.2) is 0 Å². The van der Waals surface area contributed by atoms with Crippen molar-refractivity contribution in [1.82, 2.24) is 9.80 Å². The van der Waals surface area contributed by atoms with E-state index in [2.05, 4.69) is 0 Å². The summed E-state index contributed by atoms with van der Waals surface area (Å²) in [4.78, 5) is 29.1. The maximum Gasteiger partial charge on any atom is 0.246 e. The van der Waals surface area contributed by atoms with Gasteiger partial charge in [0.15, 0.2) is 0 Å². The lowest BCUT2D eigenvalue weighted by Crippen LogP contribution is -2.65. The van der Waals surface area contributed by atoms with E-state index in [1.807, 2.05) is 16.7 Å². The van der Waals surface area contributed by atoms with Crippen molar-refractivity contribution in [2.24, 2.45) is 11.3 Å². The van der Waals surface area contributed by atoms with E-state index in [0.717, 1.165) is 38.3 Å². The molecule has 2 atom stereocenters. The standard InChI is InChI=1S/C16H24N2O2/c1-11-14(19)17-9-3-2-4-13(17)15(20)18(11)10-16(7-8-16)12-5-6-12/h11-13H,2-10H2,1H3. The van der Waals surface area contributed by atoms with Crippen molar-refractivity contribution in [3.63, 3.8) is 0 Å². The number of carbonyl (C=O) groups excluding carboxylic acids is 2. The normalized spacial score (nSPS) is 36.0. The highest BCUT2D eigenvalue weighted by Gasteiger charge is 2.57. The topological polar surface area (TPSA) is 40.6 Å². The number of hydrogen-bond donors (Lipinski definition) is 0. The number of piperidine rings is 1. The maximum absolute atomic E-state index is 12.8. The quantitative estimate of drug-likeness (QED) is 0.788. The molecule has 4 rings (SSSR count). The summed E-state index contributed by atoms with van der Waals surface area (Å²) in [5.74, 6) is 1.24. The molecule has 0 radical (unpaired) electrons. The van der Waals surface area contributed by atoms with E-state index < -0.39 is 0 Å². The average Bonchev–Trinajstić information content (AvgIpc) is 3.34. The Balaban J connectivity index is 1.55. The first-order chi connectivity index (χ1) is 9.62. The molecule has 4 aliphatic rings. The molecular weight excluding hydrogens is 252 g/mol. The number of piperazine rings is 1. The first-order valence-electron chi connectivity index (χ1n) is 8.23. The summed E-state index contributed by atoms with van der Waals surface area (Å²) < 4.78 is 0. The first-order valence-corrected chi connectivity index (χ1v) is 8.23. The van der Waals surface area contributed by atoms with E-state index in [1.54, 1.807) is 0 Å². The van der Waals surface area contributed by atoms with E-state index in [0.29, 0.717) is 5.41 Å². The Morgan fingerprint density at radius 3 is 2.50 bits per heavy atom. The summed E-state index contributed by atoms with van der Waals surface area (Å²) in [5.41, 5.74) is 0.390. The molecule has 2 saturated heterocycles. The molecule has 4 nitrogen and oxygen atoms in total. The van der Waals surface area contributed by atoms with Gasteiger partial charge in [0.25, 0.3) is 0 Å². The van der Waals surface area contributed by atoms with Gasteiger partial charge in [0, 0.05) is 13.1 Å². The van der Waals surface area contributed by atoms with E-state index in [1.165, 1.54) is 25.7 Å². The largest absolute Gasteiger partial charge is 0.329 e. The van der Waals surface area contributed by atoms with Crippen LogP contribution in [0.3, 0.4) is 0 Å². The van der Waals surface area contributed by atoms with Crippen molar-refractivity contribution in [3.05, 3.63) is 0 Å². The molecule has 110 valence electrons. The monoisotopic (exact) mass is 276 g/mol. The van der Waals surface area contributed by atoms with Crippen LogP contribution in [-0.4, -0.2) is 46.8 Å². The van der Waals surface area contributed by atoms with Gasteiger partial charge < -0.3 is 9.80 Å². The summed E-state index contributed by atoms with van der Waals surface area (Å²) in [6, 6.07) is -0.393. The predicted molar refractivity (Wildman–Crippen MR) is 74.9 cm³/mol. The van der Waals surface area contributed by atoms with Gasteiger partial charge in [-0.2, -0.15) is 0 Å². The second kappa shape index (κ2) is 4.22. The molecule has 4 heteroatoms. The van der Waals surface area contributed by atoms with Crippen molar-refractivity contribution in [2.45, 2.75) is 64.0 Å². The zero-order valence-electron chi connectivity index (χ0n) is 12.3. The lowest BCUT2D eigenvalue weighted by atomic mass is 9.93. The van der Waals surface area contributed by atoms with Gasteiger partial charge in [0.05, 0.1) is 0 Å². The molecule has 2 unspecified atom stereocenters. The smallest absolute Gasteiger partial charge is 0.246 e. The highest BCUT2D eigenvalue weighted by atomic mass is 16.2. The van der Waals surface area contributed by atoms with Crippen LogP contribution in [0.4, 0.5) is 0 Å². The molecule has 20 heavy (non-hydrogen) atoms. The van der Waals surface area contributed by atoms with Gasteiger partial charge in [0.2, 0.25) is 11.8 Å². The van der Waals surface area contributed by atoms with Gasteiger partial charge in [0.1, 0.15) is 12.1 Å². The van der Waals surface area contributed by atoms with Crippen molar-refractivity contribution >= 4 is 11.8 Å². The molecule has 2 heterocycles. The summed E-state index contributed by atoms with van der Waals surface area (Å²) in [5, 5.41) is 0. The Bertz CT molecular complexity index is 453. The van der Waals surface area contributed by atoms with E-state index in [-0.39, 0.29) is 23.9 Å². The molecule has 2 aliphatic heterocycles. The molecule has 0 aromatic rings. The highest BCUT2D eigenvalue weighted by molar-refractivity contribution is 5.97. The van der Waals surface area contributed by atoms with Crippen LogP contribution in [0.5, 0.6) is 0 Å². The molecule has 0 spiro atoms. The number of nitrogens with zero attached hydrogens (tertiary/aromatic N) is 2. The molecule has 0 aromatic heterocycles. The second-order valence-electron chi connectivity index (χ2n) is 7.32. The third-order valence-electron chi connectivity index (χ3n) is 6.00. The minimum atomic E-state index is -0.243. The third-order valence-corrected chi connectivity index (χ3v) is 6.00. The summed E-state index contributed by atoms with van der Waals surface area (Å²) in [6.45, 7) is 3.54. The lowest BCUT2D eigenvalue weighted by molar-refractivity contribution is -0.164. The summed E-state index contributed by atoms with van der Waals surface area (Å²) in [7, 11) is 0. The number of fused-ring (bicyclic) bond motifs is 1. The SMILES string of the molecule is CC1C(=O)N2CCCCC2C(=O)N1CC1(C2CC2)CC1.